The zero-order chi connectivity index (χ0) is 14.6. The van der Waals surface area contributed by atoms with Crippen molar-refractivity contribution >= 4 is 34.8 Å². The van der Waals surface area contributed by atoms with E-state index in [1.807, 2.05) is 13.8 Å². The third kappa shape index (κ3) is 3.98. The summed E-state index contributed by atoms with van der Waals surface area (Å²) in [5.74, 6) is -0.565. The molecule has 0 saturated carbocycles. The zero-order valence-corrected chi connectivity index (χ0v) is 12.6. The predicted molar refractivity (Wildman–Crippen MR) is 77.4 cm³/mol. The fourth-order valence-electron chi connectivity index (χ4n) is 1.77. The lowest BCUT2D eigenvalue weighted by Crippen LogP contribution is -2.41. The van der Waals surface area contributed by atoms with Crippen molar-refractivity contribution in [3.8, 4) is 0 Å². The number of carbonyl (C=O) groups excluding carboxylic acids is 1. The quantitative estimate of drug-likeness (QED) is 0.897. The molecular formula is C13H17Cl2FN2O. The summed E-state index contributed by atoms with van der Waals surface area (Å²) in [6.07, 6.45) is 0. The van der Waals surface area contributed by atoms with Crippen LogP contribution in [0.2, 0.25) is 10.0 Å². The van der Waals surface area contributed by atoms with Crippen LogP contribution < -0.4 is 5.32 Å². The molecule has 1 rings (SSSR count). The van der Waals surface area contributed by atoms with E-state index in [2.05, 4.69) is 5.32 Å². The molecular weight excluding hydrogens is 290 g/mol. The van der Waals surface area contributed by atoms with Crippen LogP contribution >= 0.6 is 23.2 Å². The summed E-state index contributed by atoms with van der Waals surface area (Å²) in [5.41, 5.74) is 0.373. The number of halogens is 3. The van der Waals surface area contributed by atoms with Gasteiger partial charge in [0, 0.05) is 13.1 Å². The van der Waals surface area contributed by atoms with Crippen molar-refractivity contribution in [3.05, 3.63) is 28.0 Å². The van der Waals surface area contributed by atoms with Crippen LogP contribution in [0.15, 0.2) is 12.1 Å². The molecule has 19 heavy (non-hydrogen) atoms. The molecule has 1 aromatic rings. The molecule has 1 amide bonds. The third-order valence-electron chi connectivity index (χ3n) is 2.81. The van der Waals surface area contributed by atoms with Gasteiger partial charge in [0.05, 0.1) is 15.7 Å². The van der Waals surface area contributed by atoms with E-state index < -0.39 is 11.9 Å². The van der Waals surface area contributed by atoms with Gasteiger partial charge >= 0.3 is 0 Å². The highest BCUT2D eigenvalue weighted by Crippen LogP contribution is 2.31. The van der Waals surface area contributed by atoms with Gasteiger partial charge in [-0.25, -0.2) is 4.39 Å². The van der Waals surface area contributed by atoms with Gasteiger partial charge in [-0.05, 0) is 32.9 Å². The van der Waals surface area contributed by atoms with Crippen molar-refractivity contribution in [2.45, 2.75) is 26.8 Å². The highest BCUT2D eigenvalue weighted by Gasteiger charge is 2.20. The number of nitrogens with one attached hydrogen (secondary N) is 1. The molecule has 0 aliphatic carbocycles. The van der Waals surface area contributed by atoms with Crippen molar-refractivity contribution in [2.75, 3.05) is 18.4 Å². The van der Waals surface area contributed by atoms with Crippen LogP contribution in [-0.2, 0) is 4.79 Å². The topological polar surface area (TPSA) is 32.3 Å². The Morgan fingerprint density at radius 1 is 1.32 bits per heavy atom. The van der Waals surface area contributed by atoms with Crippen molar-refractivity contribution in [1.82, 2.24) is 4.90 Å². The van der Waals surface area contributed by atoms with E-state index >= 15 is 0 Å². The van der Waals surface area contributed by atoms with Crippen LogP contribution in [0.4, 0.5) is 10.1 Å². The number of hydrogen-bond donors (Lipinski definition) is 1. The number of amides is 1. The second-order valence-corrected chi connectivity index (χ2v) is 4.94. The van der Waals surface area contributed by atoms with Crippen molar-refractivity contribution < 1.29 is 9.18 Å². The zero-order valence-electron chi connectivity index (χ0n) is 11.1. The first-order chi connectivity index (χ1) is 8.90. The molecule has 0 heterocycles. The lowest BCUT2D eigenvalue weighted by atomic mass is 10.2. The SMILES string of the molecule is CCN(CC)C(=O)C(C)Nc1c(Cl)cc(F)cc1Cl. The van der Waals surface area contributed by atoms with Gasteiger partial charge < -0.3 is 10.2 Å². The van der Waals surface area contributed by atoms with Gasteiger partial charge in [0.25, 0.3) is 0 Å². The maximum Gasteiger partial charge on any atom is 0.244 e. The average molecular weight is 307 g/mol. The largest absolute Gasteiger partial charge is 0.371 e. The van der Waals surface area contributed by atoms with Crippen LogP contribution in [0.1, 0.15) is 20.8 Å². The first kappa shape index (κ1) is 16.1. The second-order valence-electron chi connectivity index (χ2n) is 4.12. The van der Waals surface area contributed by atoms with Crippen LogP contribution in [0.25, 0.3) is 0 Å². The summed E-state index contributed by atoms with van der Waals surface area (Å²) in [6.45, 7) is 6.80. The van der Waals surface area contributed by atoms with E-state index in [4.69, 9.17) is 23.2 Å². The normalized spacial score (nSPS) is 12.1. The van der Waals surface area contributed by atoms with Crippen molar-refractivity contribution in [1.29, 1.82) is 0 Å². The molecule has 0 fully saturated rings. The Bertz CT molecular complexity index is 441. The van der Waals surface area contributed by atoms with Crippen molar-refractivity contribution in [2.24, 2.45) is 0 Å². The minimum atomic E-state index is -0.511. The number of carbonyl (C=O) groups is 1. The van der Waals surface area contributed by atoms with Gasteiger partial charge in [-0.1, -0.05) is 23.2 Å². The predicted octanol–water partition coefficient (Wildman–Crippen LogP) is 3.80. The van der Waals surface area contributed by atoms with Gasteiger partial charge in [-0.3, -0.25) is 4.79 Å². The Kier molecular flexibility index (Phi) is 5.88. The summed E-state index contributed by atoms with van der Waals surface area (Å²) in [4.78, 5) is 13.8. The van der Waals surface area contributed by atoms with E-state index in [9.17, 15) is 9.18 Å². The summed E-state index contributed by atoms with van der Waals surface area (Å²) in [7, 11) is 0. The van der Waals surface area contributed by atoms with E-state index in [-0.39, 0.29) is 16.0 Å². The molecule has 0 saturated heterocycles. The van der Waals surface area contributed by atoms with Gasteiger partial charge in [-0.15, -0.1) is 0 Å². The molecule has 0 bridgehead atoms. The summed E-state index contributed by atoms with van der Waals surface area (Å²) in [6, 6.07) is 1.83. The first-order valence-electron chi connectivity index (χ1n) is 6.10. The van der Waals surface area contributed by atoms with Crippen molar-refractivity contribution in [3.63, 3.8) is 0 Å². The van der Waals surface area contributed by atoms with Gasteiger partial charge in [-0.2, -0.15) is 0 Å². The maximum atomic E-state index is 13.1. The molecule has 0 spiro atoms. The Labute approximate surface area is 122 Å². The number of anilines is 1. The molecule has 106 valence electrons. The fraction of sp³-hybridized carbons (Fsp3) is 0.462. The smallest absolute Gasteiger partial charge is 0.244 e. The summed E-state index contributed by atoms with van der Waals surface area (Å²) < 4.78 is 13.1. The summed E-state index contributed by atoms with van der Waals surface area (Å²) >= 11 is 11.8. The van der Waals surface area contributed by atoms with Crippen LogP contribution in [-0.4, -0.2) is 29.9 Å². The molecule has 1 N–H and O–H groups in total. The van der Waals surface area contributed by atoms with Crippen LogP contribution in [0.3, 0.4) is 0 Å². The van der Waals surface area contributed by atoms with E-state index in [1.54, 1.807) is 11.8 Å². The fourth-order valence-corrected chi connectivity index (χ4v) is 2.34. The number of rotatable bonds is 5. The lowest BCUT2D eigenvalue weighted by molar-refractivity contribution is -0.131. The molecule has 0 aliphatic heterocycles. The standard InChI is InChI=1S/C13H17Cl2FN2O/c1-4-18(5-2)13(19)8(3)17-12-10(14)6-9(16)7-11(12)15/h6-8,17H,4-5H2,1-3H3. The Morgan fingerprint density at radius 2 is 1.79 bits per heavy atom. The molecule has 1 atom stereocenters. The molecule has 0 aromatic heterocycles. The molecule has 0 radical (unpaired) electrons. The highest BCUT2D eigenvalue weighted by atomic mass is 35.5. The molecule has 6 heteroatoms. The van der Waals surface area contributed by atoms with E-state index in [1.165, 1.54) is 0 Å². The Morgan fingerprint density at radius 3 is 2.21 bits per heavy atom. The number of likely N-dealkylation sites (N-methyl/N-ethyl adjacent to an activating group) is 1. The van der Waals surface area contributed by atoms with Crippen LogP contribution in [0.5, 0.6) is 0 Å². The minimum absolute atomic E-state index is 0.0542. The van der Waals surface area contributed by atoms with Crippen LogP contribution in [0, 0.1) is 5.82 Å². The highest BCUT2D eigenvalue weighted by molar-refractivity contribution is 6.39. The first-order valence-corrected chi connectivity index (χ1v) is 6.86. The number of hydrogen-bond acceptors (Lipinski definition) is 2. The Hall–Kier alpha value is -1.00. The average Bonchev–Trinajstić information content (AvgIpc) is 2.34. The van der Waals surface area contributed by atoms with E-state index in [0.717, 1.165) is 12.1 Å². The maximum absolute atomic E-state index is 13.1. The third-order valence-corrected chi connectivity index (χ3v) is 3.41. The van der Waals surface area contributed by atoms with Gasteiger partial charge in [0.15, 0.2) is 0 Å². The monoisotopic (exact) mass is 306 g/mol. The minimum Gasteiger partial charge on any atom is -0.371 e. The molecule has 1 aromatic carbocycles. The van der Waals surface area contributed by atoms with E-state index in [0.29, 0.717) is 18.8 Å². The second kappa shape index (κ2) is 6.96. The van der Waals surface area contributed by atoms with Gasteiger partial charge in [0.1, 0.15) is 11.9 Å². The number of nitrogens with zero attached hydrogens (tertiary/aromatic N) is 1. The van der Waals surface area contributed by atoms with Gasteiger partial charge in [0.2, 0.25) is 5.91 Å². The lowest BCUT2D eigenvalue weighted by Gasteiger charge is -2.24. The molecule has 3 nitrogen and oxygen atoms in total. The molecule has 1 unspecified atom stereocenters. The Balaban J connectivity index is 2.88. The molecule has 0 aliphatic rings. The number of benzene rings is 1. The summed E-state index contributed by atoms with van der Waals surface area (Å²) in [5, 5.41) is 3.25.